The van der Waals surface area contributed by atoms with Crippen molar-refractivity contribution in [3.8, 4) is 0 Å². The molecule has 2 aromatic rings. The van der Waals surface area contributed by atoms with Gasteiger partial charge in [-0.25, -0.2) is 0 Å². The van der Waals surface area contributed by atoms with Crippen molar-refractivity contribution in [1.82, 2.24) is 0 Å². The Morgan fingerprint density at radius 2 is 1.74 bits per heavy atom. The Morgan fingerprint density at radius 1 is 1.05 bits per heavy atom. The van der Waals surface area contributed by atoms with Gasteiger partial charge in [-0.3, -0.25) is 4.79 Å². The summed E-state index contributed by atoms with van der Waals surface area (Å²) in [5, 5.41) is 0.651. The Labute approximate surface area is 123 Å². The minimum Gasteiger partial charge on any atom is -0.293 e. The summed E-state index contributed by atoms with van der Waals surface area (Å²) in [6.45, 7) is 4.17. The number of carbonyl (C=O) groups is 1. The molecule has 98 valence electrons. The summed E-state index contributed by atoms with van der Waals surface area (Å²) < 4.78 is 0. The third-order valence-corrected chi connectivity index (χ3v) is 4.26. The van der Waals surface area contributed by atoms with Crippen LogP contribution in [0.5, 0.6) is 0 Å². The molecule has 19 heavy (non-hydrogen) atoms. The molecular weight excluding hydrogens is 276 g/mol. The van der Waals surface area contributed by atoms with Gasteiger partial charge in [0.25, 0.3) is 0 Å². The number of hydrogen-bond acceptors (Lipinski definition) is 2. The molecule has 0 bridgehead atoms. The fraction of sp³-hybridized carbons (Fsp3) is 0.188. The molecule has 0 spiro atoms. The lowest BCUT2D eigenvalue weighted by Gasteiger charge is -2.05. The number of rotatable bonds is 4. The van der Waals surface area contributed by atoms with E-state index >= 15 is 0 Å². The van der Waals surface area contributed by atoms with Crippen molar-refractivity contribution in [2.24, 2.45) is 0 Å². The molecule has 0 heterocycles. The fourth-order valence-electron chi connectivity index (χ4n) is 1.67. The number of Topliss-reactive ketones (excluding diaryl/α,β-unsaturated/α-hetero) is 1. The van der Waals surface area contributed by atoms with Gasteiger partial charge in [0.2, 0.25) is 0 Å². The highest BCUT2D eigenvalue weighted by molar-refractivity contribution is 8.00. The van der Waals surface area contributed by atoms with Crippen molar-refractivity contribution < 1.29 is 4.79 Å². The van der Waals surface area contributed by atoms with Gasteiger partial charge in [0, 0.05) is 15.5 Å². The molecule has 0 radical (unpaired) electrons. The average molecular weight is 291 g/mol. The van der Waals surface area contributed by atoms with Gasteiger partial charge in [-0.15, -0.1) is 11.8 Å². The van der Waals surface area contributed by atoms with Gasteiger partial charge < -0.3 is 0 Å². The SMILES string of the molecule is Cc1ccc(SCC(=O)c2ccc(Cl)cc2)cc1C. The fourth-order valence-corrected chi connectivity index (χ4v) is 2.69. The second kappa shape index (κ2) is 6.27. The van der Waals surface area contributed by atoms with Crippen LogP contribution in [0.15, 0.2) is 47.4 Å². The van der Waals surface area contributed by atoms with Gasteiger partial charge in [-0.2, -0.15) is 0 Å². The van der Waals surface area contributed by atoms with Crippen LogP contribution in [0.3, 0.4) is 0 Å². The maximum Gasteiger partial charge on any atom is 0.173 e. The van der Waals surface area contributed by atoms with Gasteiger partial charge in [-0.1, -0.05) is 17.7 Å². The van der Waals surface area contributed by atoms with Crippen molar-refractivity contribution in [1.29, 1.82) is 0 Å². The smallest absolute Gasteiger partial charge is 0.173 e. The number of thioether (sulfide) groups is 1. The van der Waals surface area contributed by atoms with Gasteiger partial charge in [0.05, 0.1) is 5.75 Å². The van der Waals surface area contributed by atoms with E-state index in [0.717, 1.165) is 4.90 Å². The molecule has 0 saturated carbocycles. The number of ketones is 1. The summed E-state index contributed by atoms with van der Waals surface area (Å²) in [5.41, 5.74) is 3.23. The summed E-state index contributed by atoms with van der Waals surface area (Å²) in [6.07, 6.45) is 0. The van der Waals surface area contributed by atoms with Gasteiger partial charge in [-0.05, 0) is 61.4 Å². The van der Waals surface area contributed by atoms with Crippen LogP contribution in [-0.2, 0) is 0 Å². The molecular formula is C16H15ClOS. The Bertz CT molecular complexity index is 590. The summed E-state index contributed by atoms with van der Waals surface area (Å²) in [5.74, 6) is 0.573. The molecule has 0 aliphatic rings. The summed E-state index contributed by atoms with van der Waals surface area (Å²) in [6, 6.07) is 13.3. The average Bonchev–Trinajstić information content (AvgIpc) is 2.40. The first kappa shape index (κ1) is 14.2. The Balaban J connectivity index is 2.00. The third kappa shape index (κ3) is 3.85. The monoisotopic (exact) mass is 290 g/mol. The van der Waals surface area contributed by atoms with Crippen molar-refractivity contribution >= 4 is 29.1 Å². The van der Waals surface area contributed by atoms with E-state index in [1.807, 2.05) is 0 Å². The molecule has 0 amide bonds. The van der Waals surface area contributed by atoms with E-state index < -0.39 is 0 Å². The van der Waals surface area contributed by atoms with E-state index in [2.05, 4.69) is 32.0 Å². The summed E-state index contributed by atoms with van der Waals surface area (Å²) in [7, 11) is 0. The number of carbonyl (C=O) groups excluding carboxylic acids is 1. The lowest BCUT2D eigenvalue weighted by atomic mass is 10.1. The molecule has 0 saturated heterocycles. The van der Waals surface area contributed by atoms with Crippen molar-refractivity contribution in [3.63, 3.8) is 0 Å². The molecule has 0 fully saturated rings. The van der Waals surface area contributed by atoms with Crippen LogP contribution < -0.4 is 0 Å². The molecule has 0 atom stereocenters. The van der Waals surface area contributed by atoms with E-state index in [1.54, 1.807) is 36.0 Å². The molecule has 0 unspecified atom stereocenters. The number of benzene rings is 2. The molecule has 1 nitrogen and oxygen atoms in total. The van der Waals surface area contributed by atoms with Crippen LogP contribution in [0, 0.1) is 13.8 Å². The highest BCUT2D eigenvalue weighted by atomic mass is 35.5. The molecule has 3 heteroatoms. The van der Waals surface area contributed by atoms with E-state index in [9.17, 15) is 4.79 Å². The first-order chi connectivity index (χ1) is 9.06. The Morgan fingerprint density at radius 3 is 2.37 bits per heavy atom. The van der Waals surface area contributed by atoms with Crippen LogP contribution in [0.25, 0.3) is 0 Å². The zero-order chi connectivity index (χ0) is 13.8. The van der Waals surface area contributed by atoms with E-state index in [-0.39, 0.29) is 5.78 Å². The molecule has 0 aliphatic carbocycles. The Kier molecular flexibility index (Phi) is 4.67. The second-order valence-corrected chi connectivity index (χ2v) is 5.95. The maximum absolute atomic E-state index is 12.0. The van der Waals surface area contributed by atoms with E-state index in [4.69, 9.17) is 11.6 Å². The van der Waals surface area contributed by atoms with Gasteiger partial charge in [0.15, 0.2) is 5.78 Å². The van der Waals surface area contributed by atoms with Crippen molar-refractivity contribution in [2.75, 3.05) is 5.75 Å². The van der Waals surface area contributed by atoms with E-state index in [1.165, 1.54) is 11.1 Å². The normalized spacial score (nSPS) is 10.5. The molecule has 2 aromatic carbocycles. The molecule has 0 aromatic heterocycles. The van der Waals surface area contributed by atoms with Crippen molar-refractivity contribution in [2.45, 2.75) is 18.7 Å². The third-order valence-electron chi connectivity index (χ3n) is 3.01. The van der Waals surface area contributed by atoms with Crippen LogP contribution >= 0.6 is 23.4 Å². The zero-order valence-electron chi connectivity index (χ0n) is 10.9. The first-order valence-electron chi connectivity index (χ1n) is 6.05. The summed E-state index contributed by atoms with van der Waals surface area (Å²) in [4.78, 5) is 13.1. The zero-order valence-corrected chi connectivity index (χ0v) is 12.5. The highest BCUT2D eigenvalue weighted by Crippen LogP contribution is 2.22. The topological polar surface area (TPSA) is 17.1 Å². The quantitative estimate of drug-likeness (QED) is 0.586. The lowest BCUT2D eigenvalue weighted by molar-refractivity contribution is 0.102. The largest absolute Gasteiger partial charge is 0.293 e. The summed E-state index contributed by atoms with van der Waals surface area (Å²) >= 11 is 7.37. The second-order valence-electron chi connectivity index (χ2n) is 4.46. The maximum atomic E-state index is 12.0. The van der Waals surface area contributed by atoms with E-state index in [0.29, 0.717) is 16.3 Å². The lowest BCUT2D eigenvalue weighted by Crippen LogP contribution is -2.01. The number of halogens is 1. The van der Waals surface area contributed by atoms with Gasteiger partial charge in [0.1, 0.15) is 0 Å². The minimum absolute atomic E-state index is 0.125. The Hall–Kier alpha value is -1.25. The van der Waals surface area contributed by atoms with Crippen LogP contribution in [0.1, 0.15) is 21.5 Å². The predicted molar refractivity (Wildman–Crippen MR) is 82.4 cm³/mol. The van der Waals surface area contributed by atoms with Gasteiger partial charge >= 0.3 is 0 Å². The molecule has 2 rings (SSSR count). The van der Waals surface area contributed by atoms with Crippen LogP contribution in [-0.4, -0.2) is 11.5 Å². The number of hydrogen-bond donors (Lipinski definition) is 0. The number of aryl methyl sites for hydroxylation is 2. The minimum atomic E-state index is 0.125. The first-order valence-corrected chi connectivity index (χ1v) is 7.41. The van der Waals surface area contributed by atoms with Crippen LogP contribution in [0.4, 0.5) is 0 Å². The molecule has 0 aliphatic heterocycles. The van der Waals surface area contributed by atoms with Crippen LogP contribution in [0.2, 0.25) is 5.02 Å². The highest BCUT2D eigenvalue weighted by Gasteiger charge is 2.07. The van der Waals surface area contributed by atoms with Crippen molar-refractivity contribution in [3.05, 3.63) is 64.2 Å². The standard InChI is InChI=1S/C16H15ClOS/c1-11-3-8-15(9-12(11)2)19-10-16(18)13-4-6-14(17)7-5-13/h3-9H,10H2,1-2H3. The predicted octanol–water partition coefficient (Wildman–Crippen LogP) is 4.93. The molecule has 0 N–H and O–H groups in total.